The zero-order valence-corrected chi connectivity index (χ0v) is 17.9. The predicted molar refractivity (Wildman–Crippen MR) is 107 cm³/mol. The van der Waals surface area contributed by atoms with E-state index in [1.165, 1.54) is 16.4 Å². The van der Waals surface area contributed by atoms with Gasteiger partial charge >= 0.3 is 0 Å². The number of nitrogens with one attached hydrogen (secondary N) is 1. The van der Waals surface area contributed by atoms with Gasteiger partial charge in [0.05, 0.1) is 11.4 Å². The Morgan fingerprint density at radius 3 is 2.04 bits per heavy atom. The third-order valence-corrected chi connectivity index (χ3v) is 6.85. The molecule has 6 nitrogen and oxygen atoms in total. The van der Waals surface area contributed by atoms with Crippen LogP contribution in [0.1, 0.15) is 41.5 Å². The molecule has 0 radical (unpaired) electrons. The average molecular weight is 384 g/mol. The van der Waals surface area contributed by atoms with Crippen molar-refractivity contribution in [3.8, 4) is 0 Å². The molecule has 1 N–H and O–H groups in total. The van der Waals surface area contributed by atoms with Crippen molar-refractivity contribution in [2.75, 3.05) is 32.0 Å². The first kappa shape index (κ1) is 22.6. The van der Waals surface area contributed by atoms with Crippen molar-refractivity contribution in [2.45, 2.75) is 52.5 Å². The predicted octanol–water partition coefficient (Wildman–Crippen LogP) is 3.02. The Kier molecular flexibility index (Phi) is 7.80. The summed E-state index contributed by atoms with van der Waals surface area (Å²) in [6, 6.07) is 6.56. The minimum Gasteiger partial charge on any atom is -0.325 e. The molecule has 0 spiro atoms. The molecule has 0 fully saturated rings. The van der Waals surface area contributed by atoms with E-state index in [0.29, 0.717) is 18.8 Å². The van der Waals surface area contributed by atoms with Crippen LogP contribution in [0, 0.1) is 5.41 Å². The lowest BCUT2D eigenvalue weighted by molar-refractivity contribution is -0.117. The minimum atomic E-state index is -3.48. The van der Waals surface area contributed by atoms with E-state index >= 15 is 0 Å². The molecule has 0 aromatic heterocycles. The minimum absolute atomic E-state index is 0.0788. The van der Waals surface area contributed by atoms with Gasteiger partial charge in [0.2, 0.25) is 15.9 Å². The van der Waals surface area contributed by atoms with Gasteiger partial charge in [0.25, 0.3) is 0 Å². The van der Waals surface area contributed by atoms with Gasteiger partial charge in [0, 0.05) is 24.8 Å². The fraction of sp³-hybridized carbons (Fsp3) is 0.632. The lowest BCUT2D eigenvalue weighted by Crippen LogP contribution is -2.43. The van der Waals surface area contributed by atoms with Crippen LogP contribution in [0.15, 0.2) is 29.2 Å². The van der Waals surface area contributed by atoms with Crippen molar-refractivity contribution >= 4 is 21.6 Å². The molecule has 1 amide bonds. The molecule has 0 aliphatic rings. The van der Waals surface area contributed by atoms with Gasteiger partial charge in [-0.15, -0.1) is 0 Å². The molecule has 1 aromatic carbocycles. The molecule has 7 heteroatoms. The van der Waals surface area contributed by atoms with Gasteiger partial charge in [0.1, 0.15) is 0 Å². The van der Waals surface area contributed by atoms with Gasteiger partial charge < -0.3 is 5.32 Å². The SMILES string of the molecule is CCN(CC)S(=O)(=O)c1ccc(NC(=O)CN(C)C(C)C(C)(C)C)cc1. The summed E-state index contributed by atoms with van der Waals surface area (Å²) < 4.78 is 26.4. The Bertz CT molecular complexity index is 690. The van der Waals surface area contributed by atoms with E-state index in [4.69, 9.17) is 0 Å². The highest BCUT2D eigenvalue weighted by atomic mass is 32.2. The Balaban J connectivity index is 2.77. The van der Waals surface area contributed by atoms with Crippen molar-refractivity contribution in [3.63, 3.8) is 0 Å². The first-order valence-electron chi connectivity index (χ1n) is 9.03. The smallest absolute Gasteiger partial charge is 0.243 e. The van der Waals surface area contributed by atoms with E-state index in [1.54, 1.807) is 12.1 Å². The average Bonchev–Trinajstić information content (AvgIpc) is 2.54. The summed E-state index contributed by atoms with van der Waals surface area (Å²) in [5.74, 6) is -0.122. The van der Waals surface area contributed by atoms with Crippen molar-refractivity contribution in [1.29, 1.82) is 0 Å². The van der Waals surface area contributed by atoms with Crippen LogP contribution in [0.3, 0.4) is 0 Å². The van der Waals surface area contributed by atoms with E-state index < -0.39 is 10.0 Å². The lowest BCUT2D eigenvalue weighted by atomic mass is 9.87. The maximum atomic E-state index is 12.5. The number of amides is 1. The molecule has 0 aliphatic carbocycles. The van der Waals surface area contributed by atoms with Crippen molar-refractivity contribution in [1.82, 2.24) is 9.21 Å². The molecule has 1 rings (SSSR count). The molecular weight excluding hydrogens is 350 g/mol. The molecular formula is C19H33N3O3S. The van der Waals surface area contributed by atoms with Crippen LogP contribution >= 0.6 is 0 Å². The number of carbonyl (C=O) groups is 1. The number of likely N-dealkylation sites (N-methyl/N-ethyl adjacent to an activating group) is 1. The van der Waals surface area contributed by atoms with Gasteiger partial charge in [-0.1, -0.05) is 34.6 Å². The van der Waals surface area contributed by atoms with E-state index in [9.17, 15) is 13.2 Å². The molecule has 1 atom stereocenters. The summed E-state index contributed by atoms with van der Waals surface area (Å²) >= 11 is 0. The summed E-state index contributed by atoms with van der Waals surface area (Å²) in [5, 5.41) is 2.83. The summed E-state index contributed by atoms with van der Waals surface area (Å²) in [5.41, 5.74) is 0.667. The van der Waals surface area contributed by atoms with Gasteiger partial charge in [-0.2, -0.15) is 4.31 Å². The highest BCUT2D eigenvalue weighted by molar-refractivity contribution is 7.89. The molecule has 1 aromatic rings. The number of carbonyl (C=O) groups excluding carboxylic acids is 1. The number of anilines is 1. The van der Waals surface area contributed by atoms with E-state index in [-0.39, 0.29) is 28.8 Å². The number of benzene rings is 1. The van der Waals surface area contributed by atoms with E-state index in [0.717, 1.165) is 0 Å². The molecule has 0 saturated carbocycles. The first-order chi connectivity index (χ1) is 11.9. The number of sulfonamides is 1. The van der Waals surface area contributed by atoms with Gasteiger partial charge in [-0.05, 0) is 43.7 Å². The molecule has 1 unspecified atom stereocenters. The fourth-order valence-corrected chi connectivity index (χ4v) is 4.11. The van der Waals surface area contributed by atoms with Crippen LogP contribution in [0.25, 0.3) is 0 Å². The van der Waals surface area contributed by atoms with E-state index in [1.807, 2.05) is 25.8 Å². The Labute approximate surface area is 158 Å². The first-order valence-corrected chi connectivity index (χ1v) is 10.5. The molecule has 0 aliphatic heterocycles. The summed E-state index contributed by atoms with van der Waals surface area (Å²) in [4.78, 5) is 14.5. The molecule has 0 bridgehead atoms. The number of hydrogen-bond donors (Lipinski definition) is 1. The monoisotopic (exact) mass is 383 g/mol. The van der Waals surface area contributed by atoms with Gasteiger partial charge in [-0.3, -0.25) is 9.69 Å². The van der Waals surface area contributed by atoms with Crippen LogP contribution in [0.4, 0.5) is 5.69 Å². The van der Waals surface area contributed by atoms with Crippen LogP contribution in [0.2, 0.25) is 0 Å². The van der Waals surface area contributed by atoms with Gasteiger partial charge in [0.15, 0.2) is 0 Å². The Morgan fingerprint density at radius 1 is 1.12 bits per heavy atom. The van der Waals surface area contributed by atoms with Crippen molar-refractivity contribution in [2.24, 2.45) is 5.41 Å². The van der Waals surface area contributed by atoms with Crippen LogP contribution in [-0.4, -0.2) is 56.3 Å². The quantitative estimate of drug-likeness (QED) is 0.749. The second kappa shape index (κ2) is 8.97. The Hall–Kier alpha value is -1.44. The molecule has 26 heavy (non-hydrogen) atoms. The third kappa shape index (κ3) is 5.79. The lowest BCUT2D eigenvalue weighted by Gasteiger charge is -2.34. The molecule has 0 saturated heterocycles. The second-order valence-corrected chi connectivity index (χ2v) is 9.56. The topological polar surface area (TPSA) is 69.7 Å². The van der Waals surface area contributed by atoms with Crippen LogP contribution < -0.4 is 5.32 Å². The maximum absolute atomic E-state index is 12.5. The number of hydrogen-bond acceptors (Lipinski definition) is 4. The van der Waals surface area contributed by atoms with Crippen molar-refractivity contribution < 1.29 is 13.2 Å². The zero-order valence-electron chi connectivity index (χ0n) is 17.0. The second-order valence-electron chi connectivity index (χ2n) is 7.62. The summed E-state index contributed by atoms with van der Waals surface area (Å²) in [6.07, 6.45) is 0. The zero-order chi connectivity index (χ0) is 20.1. The number of rotatable bonds is 8. The molecule has 148 valence electrons. The fourth-order valence-electron chi connectivity index (χ4n) is 2.65. The standard InChI is InChI=1S/C19H33N3O3S/c1-8-22(9-2)26(24,25)17-12-10-16(11-13-17)20-18(23)14-21(7)15(3)19(4,5)6/h10-13,15H,8-9,14H2,1-7H3,(H,20,23). The largest absolute Gasteiger partial charge is 0.325 e. The highest BCUT2D eigenvalue weighted by Crippen LogP contribution is 2.23. The van der Waals surface area contributed by atoms with Crippen LogP contribution in [0.5, 0.6) is 0 Å². The van der Waals surface area contributed by atoms with Gasteiger partial charge in [-0.25, -0.2) is 8.42 Å². The Morgan fingerprint density at radius 2 is 1.62 bits per heavy atom. The van der Waals surface area contributed by atoms with E-state index in [2.05, 4.69) is 33.0 Å². The summed E-state index contributed by atoms with van der Waals surface area (Å²) in [6.45, 7) is 13.3. The molecule has 0 heterocycles. The van der Waals surface area contributed by atoms with Crippen LogP contribution in [-0.2, 0) is 14.8 Å². The normalized spacial score (nSPS) is 13.9. The maximum Gasteiger partial charge on any atom is 0.243 e. The highest BCUT2D eigenvalue weighted by Gasteiger charge is 2.25. The third-order valence-electron chi connectivity index (χ3n) is 4.79. The number of nitrogens with zero attached hydrogens (tertiary/aromatic N) is 2. The van der Waals surface area contributed by atoms with Crippen molar-refractivity contribution in [3.05, 3.63) is 24.3 Å². The summed E-state index contributed by atoms with van der Waals surface area (Å²) in [7, 11) is -1.55.